The molecule has 114 valence electrons. The van der Waals surface area contributed by atoms with Crippen molar-refractivity contribution in [3.05, 3.63) is 54.1 Å². The summed E-state index contributed by atoms with van der Waals surface area (Å²) >= 11 is 0. The van der Waals surface area contributed by atoms with Gasteiger partial charge in [-0.2, -0.15) is 5.26 Å². The molecule has 0 aliphatic rings. The third-order valence-electron chi connectivity index (χ3n) is 3.39. The molecule has 0 saturated heterocycles. The van der Waals surface area contributed by atoms with Crippen LogP contribution in [0, 0.1) is 11.3 Å². The summed E-state index contributed by atoms with van der Waals surface area (Å²) in [6.07, 6.45) is 0.625. The van der Waals surface area contributed by atoms with Gasteiger partial charge >= 0.3 is 0 Å². The Morgan fingerprint density at radius 3 is 2.27 bits per heavy atom. The molecule has 0 spiro atoms. The number of methoxy groups -OCH3 is 2. The molecule has 2 aromatic rings. The lowest BCUT2D eigenvalue weighted by atomic mass is 9.97. The summed E-state index contributed by atoms with van der Waals surface area (Å²) in [5, 5.41) is 9.33. The lowest BCUT2D eigenvalue weighted by Crippen LogP contribution is -2.04. The number of hydrogen-bond donors (Lipinski definition) is 0. The first-order valence-corrected chi connectivity index (χ1v) is 7.07. The Balaban J connectivity index is 1.91. The van der Waals surface area contributed by atoms with Gasteiger partial charge in [-0.15, -0.1) is 0 Å². The first kappa shape index (κ1) is 15.7. The van der Waals surface area contributed by atoms with Crippen molar-refractivity contribution in [3.63, 3.8) is 0 Å². The second kappa shape index (κ2) is 7.94. The van der Waals surface area contributed by atoms with E-state index in [-0.39, 0.29) is 5.92 Å². The average Bonchev–Trinajstić information content (AvgIpc) is 2.59. The molecule has 0 saturated carbocycles. The van der Waals surface area contributed by atoms with Crippen LogP contribution in [0.1, 0.15) is 17.9 Å². The van der Waals surface area contributed by atoms with E-state index in [1.54, 1.807) is 14.2 Å². The highest BCUT2D eigenvalue weighted by molar-refractivity contribution is 5.33. The van der Waals surface area contributed by atoms with Crippen LogP contribution >= 0.6 is 0 Å². The maximum Gasteiger partial charge on any atom is 0.122 e. The molecule has 0 aliphatic carbocycles. The molecule has 4 heteroatoms. The summed E-state index contributed by atoms with van der Waals surface area (Å²) < 4.78 is 16.0. The van der Waals surface area contributed by atoms with Crippen LogP contribution in [0.5, 0.6) is 17.2 Å². The summed E-state index contributed by atoms with van der Waals surface area (Å²) in [5.74, 6) is 2.08. The highest BCUT2D eigenvalue weighted by Crippen LogP contribution is 2.23. The van der Waals surface area contributed by atoms with Gasteiger partial charge in [0.1, 0.15) is 17.2 Å². The monoisotopic (exact) mass is 297 g/mol. The molecule has 0 bridgehead atoms. The van der Waals surface area contributed by atoms with E-state index in [1.165, 1.54) is 0 Å². The van der Waals surface area contributed by atoms with Gasteiger partial charge in [0, 0.05) is 12.5 Å². The van der Waals surface area contributed by atoms with Gasteiger partial charge < -0.3 is 14.2 Å². The van der Waals surface area contributed by atoms with Gasteiger partial charge in [0.15, 0.2) is 0 Å². The summed E-state index contributed by atoms with van der Waals surface area (Å²) in [5.41, 5.74) is 0.970. The van der Waals surface area contributed by atoms with Crippen LogP contribution in [0.25, 0.3) is 0 Å². The third kappa shape index (κ3) is 4.16. The minimum atomic E-state index is -0.198. The Hall–Kier alpha value is -2.67. The predicted molar refractivity (Wildman–Crippen MR) is 84.5 cm³/mol. The standard InChI is InChI=1S/C18H19NO3/c1-20-16-8-6-14(7-9-16)15(13-19)10-11-22-18-5-3-4-17(12-18)21-2/h3-9,12,15H,10-11H2,1-2H3. The van der Waals surface area contributed by atoms with E-state index in [9.17, 15) is 5.26 Å². The van der Waals surface area contributed by atoms with Crippen molar-refractivity contribution in [2.45, 2.75) is 12.3 Å². The van der Waals surface area contributed by atoms with E-state index in [2.05, 4.69) is 6.07 Å². The molecule has 0 fully saturated rings. The van der Waals surface area contributed by atoms with E-state index < -0.39 is 0 Å². The fourth-order valence-electron chi connectivity index (χ4n) is 2.13. The maximum atomic E-state index is 9.33. The molecular weight excluding hydrogens is 278 g/mol. The SMILES string of the molecule is COc1ccc(C(C#N)CCOc2cccc(OC)c2)cc1. The van der Waals surface area contributed by atoms with E-state index in [4.69, 9.17) is 14.2 Å². The van der Waals surface area contributed by atoms with Crippen LogP contribution in [0.2, 0.25) is 0 Å². The molecule has 0 aliphatic heterocycles. The largest absolute Gasteiger partial charge is 0.497 e. The van der Waals surface area contributed by atoms with Crippen LogP contribution in [-0.4, -0.2) is 20.8 Å². The first-order valence-electron chi connectivity index (χ1n) is 7.07. The summed E-state index contributed by atoms with van der Waals surface area (Å²) in [4.78, 5) is 0. The van der Waals surface area contributed by atoms with E-state index in [1.807, 2.05) is 48.5 Å². The molecule has 0 N–H and O–H groups in total. The Bertz CT molecular complexity index is 632. The van der Waals surface area contributed by atoms with Gasteiger partial charge in [-0.25, -0.2) is 0 Å². The van der Waals surface area contributed by atoms with Gasteiger partial charge in [-0.1, -0.05) is 18.2 Å². The molecular formula is C18H19NO3. The number of ether oxygens (including phenoxy) is 3. The molecule has 0 amide bonds. The van der Waals surface area contributed by atoms with Crippen molar-refractivity contribution in [3.8, 4) is 23.3 Å². The quantitative estimate of drug-likeness (QED) is 0.780. The van der Waals surface area contributed by atoms with Crippen molar-refractivity contribution >= 4 is 0 Å². The third-order valence-corrected chi connectivity index (χ3v) is 3.39. The zero-order valence-electron chi connectivity index (χ0n) is 12.8. The zero-order valence-corrected chi connectivity index (χ0v) is 12.8. The van der Waals surface area contributed by atoms with Crippen LogP contribution < -0.4 is 14.2 Å². The van der Waals surface area contributed by atoms with Crippen molar-refractivity contribution in [2.24, 2.45) is 0 Å². The normalized spacial score (nSPS) is 11.3. The fourth-order valence-corrected chi connectivity index (χ4v) is 2.13. The van der Waals surface area contributed by atoms with Crippen LogP contribution in [0.4, 0.5) is 0 Å². The second-order valence-corrected chi connectivity index (χ2v) is 4.77. The lowest BCUT2D eigenvalue weighted by Gasteiger charge is -2.12. The summed E-state index contributed by atoms with van der Waals surface area (Å²) in [7, 11) is 3.24. The van der Waals surface area contributed by atoms with Crippen LogP contribution in [-0.2, 0) is 0 Å². The number of rotatable bonds is 7. The van der Waals surface area contributed by atoms with Gasteiger partial charge in [-0.3, -0.25) is 0 Å². The molecule has 4 nitrogen and oxygen atoms in total. The lowest BCUT2D eigenvalue weighted by molar-refractivity contribution is 0.303. The van der Waals surface area contributed by atoms with Crippen molar-refractivity contribution in [2.75, 3.05) is 20.8 Å². The summed E-state index contributed by atoms with van der Waals surface area (Å²) in [6, 6.07) is 17.3. The molecule has 2 aromatic carbocycles. The number of hydrogen-bond acceptors (Lipinski definition) is 4. The molecule has 0 heterocycles. The summed E-state index contributed by atoms with van der Waals surface area (Å²) in [6.45, 7) is 0.470. The second-order valence-electron chi connectivity index (χ2n) is 4.77. The Morgan fingerprint density at radius 1 is 0.955 bits per heavy atom. The Kier molecular flexibility index (Phi) is 5.67. The van der Waals surface area contributed by atoms with E-state index >= 15 is 0 Å². The van der Waals surface area contributed by atoms with Gasteiger partial charge in [0.2, 0.25) is 0 Å². The Morgan fingerprint density at radius 2 is 1.64 bits per heavy atom. The van der Waals surface area contributed by atoms with Crippen molar-refractivity contribution in [1.82, 2.24) is 0 Å². The minimum absolute atomic E-state index is 0.198. The molecule has 1 unspecified atom stereocenters. The fraction of sp³-hybridized carbons (Fsp3) is 0.278. The smallest absolute Gasteiger partial charge is 0.122 e. The van der Waals surface area contributed by atoms with E-state index in [0.717, 1.165) is 22.8 Å². The van der Waals surface area contributed by atoms with Gasteiger partial charge in [-0.05, 0) is 29.8 Å². The molecule has 22 heavy (non-hydrogen) atoms. The predicted octanol–water partition coefficient (Wildman–Crippen LogP) is 3.78. The van der Waals surface area contributed by atoms with E-state index in [0.29, 0.717) is 13.0 Å². The van der Waals surface area contributed by atoms with Crippen molar-refractivity contribution < 1.29 is 14.2 Å². The van der Waals surface area contributed by atoms with Crippen LogP contribution in [0.3, 0.4) is 0 Å². The molecule has 1 atom stereocenters. The Labute approximate surface area is 130 Å². The highest BCUT2D eigenvalue weighted by atomic mass is 16.5. The molecule has 0 radical (unpaired) electrons. The highest BCUT2D eigenvalue weighted by Gasteiger charge is 2.11. The first-order chi connectivity index (χ1) is 10.8. The van der Waals surface area contributed by atoms with Gasteiger partial charge in [0.05, 0.1) is 32.8 Å². The average molecular weight is 297 g/mol. The minimum Gasteiger partial charge on any atom is -0.497 e. The van der Waals surface area contributed by atoms with Crippen LogP contribution in [0.15, 0.2) is 48.5 Å². The number of nitrogens with zero attached hydrogens (tertiary/aromatic N) is 1. The van der Waals surface area contributed by atoms with Crippen molar-refractivity contribution in [1.29, 1.82) is 5.26 Å². The zero-order chi connectivity index (χ0) is 15.8. The van der Waals surface area contributed by atoms with Gasteiger partial charge in [0.25, 0.3) is 0 Å². The topological polar surface area (TPSA) is 51.5 Å². The molecule has 0 aromatic heterocycles. The molecule has 2 rings (SSSR count). The number of nitriles is 1. The maximum absolute atomic E-state index is 9.33. The number of benzene rings is 2.